The van der Waals surface area contributed by atoms with Crippen LogP contribution < -0.4 is 5.32 Å². The van der Waals surface area contributed by atoms with Crippen LogP contribution in [0.5, 0.6) is 0 Å². The van der Waals surface area contributed by atoms with Crippen molar-refractivity contribution >= 4 is 18.1 Å². The van der Waals surface area contributed by atoms with Crippen LogP contribution in [0.15, 0.2) is 53.5 Å². The Hall–Kier alpha value is -4.32. The number of nitrogens with one attached hydrogen (secondary N) is 2. The fraction of sp³-hybridized carbons (Fsp3) is 0.261. The highest BCUT2D eigenvalue weighted by molar-refractivity contribution is 6.04. The summed E-state index contributed by atoms with van der Waals surface area (Å²) in [5.74, 6) is -0.202. The number of rotatable bonds is 7. The van der Waals surface area contributed by atoms with Crippen LogP contribution in [-0.4, -0.2) is 55.2 Å². The molecule has 4 aromatic heterocycles. The van der Waals surface area contributed by atoms with Crippen molar-refractivity contribution < 1.29 is 28.2 Å². The van der Waals surface area contributed by atoms with E-state index < -0.39 is 11.7 Å². The summed E-state index contributed by atoms with van der Waals surface area (Å²) in [5, 5.41) is 21.0. The lowest BCUT2D eigenvalue weighted by atomic mass is 9.89. The first-order valence-corrected chi connectivity index (χ1v) is 10.8. The molecule has 182 valence electrons. The Balaban J connectivity index is 0.000000917. The molecule has 0 aliphatic heterocycles. The van der Waals surface area contributed by atoms with Gasteiger partial charge in [0.25, 0.3) is 12.4 Å². The van der Waals surface area contributed by atoms with E-state index in [0.29, 0.717) is 29.4 Å². The van der Waals surface area contributed by atoms with Crippen molar-refractivity contribution in [3.63, 3.8) is 0 Å². The van der Waals surface area contributed by atoms with Crippen LogP contribution >= 0.6 is 0 Å². The second-order valence-electron chi connectivity index (χ2n) is 7.65. The standard InChI is InChI=1S/C22H21FN6O3.CH2O2/c1-2-31-16-7-15(8-16)29-12-18(21(28-29)17-4-3-14(23)11-24-17)27-22(30)20-6-5-19(32-20)13-9-25-26-10-13;2-1-3/h3-6,9-12,15-16H,2,7-8H2,1H3,(H,25,26)(H,27,30);1H,(H,2,3). The summed E-state index contributed by atoms with van der Waals surface area (Å²) in [4.78, 5) is 25.4. The van der Waals surface area contributed by atoms with Crippen LogP contribution in [0.25, 0.3) is 22.7 Å². The SMILES string of the molecule is CCOC1CC(n2cc(NC(=O)c3ccc(-c4cn[nH]c4)o3)c(-c3ccc(F)cn3)n2)C1.O=CO. The Morgan fingerprint density at radius 3 is 2.80 bits per heavy atom. The van der Waals surface area contributed by atoms with E-state index in [-0.39, 0.29) is 24.4 Å². The van der Waals surface area contributed by atoms with E-state index in [4.69, 9.17) is 19.1 Å². The van der Waals surface area contributed by atoms with Crippen LogP contribution in [-0.2, 0) is 9.53 Å². The number of hydrogen-bond donors (Lipinski definition) is 3. The van der Waals surface area contributed by atoms with Gasteiger partial charge in [-0.2, -0.15) is 10.2 Å². The Labute approximate surface area is 198 Å². The van der Waals surface area contributed by atoms with Crippen LogP contribution in [0.4, 0.5) is 10.1 Å². The lowest BCUT2D eigenvalue weighted by Crippen LogP contribution is -2.33. The summed E-state index contributed by atoms with van der Waals surface area (Å²) in [6, 6.07) is 6.30. The van der Waals surface area contributed by atoms with Gasteiger partial charge < -0.3 is 19.6 Å². The van der Waals surface area contributed by atoms with Gasteiger partial charge in [0, 0.05) is 19.0 Å². The number of H-pyrrole nitrogens is 1. The number of aromatic nitrogens is 5. The molecule has 1 amide bonds. The molecule has 0 unspecified atom stereocenters. The summed E-state index contributed by atoms with van der Waals surface area (Å²) in [6.07, 6.45) is 8.07. The molecule has 1 saturated carbocycles. The number of anilines is 1. The normalized spacial score (nSPS) is 16.6. The lowest BCUT2D eigenvalue weighted by molar-refractivity contribution is -0.122. The quantitative estimate of drug-likeness (QED) is 0.337. The number of furan rings is 1. The Morgan fingerprint density at radius 1 is 1.34 bits per heavy atom. The molecule has 1 aliphatic carbocycles. The van der Waals surface area contributed by atoms with E-state index in [9.17, 15) is 9.18 Å². The molecule has 4 aromatic rings. The molecular formula is C23H23FN6O5. The first-order valence-electron chi connectivity index (χ1n) is 10.8. The maximum absolute atomic E-state index is 13.4. The summed E-state index contributed by atoms with van der Waals surface area (Å²) in [5.41, 5.74) is 2.12. The van der Waals surface area contributed by atoms with Crippen LogP contribution in [0.2, 0.25) is 0 Å². The van der Waals surface area contributed by atoms with Gasteiger partial charge in [-0.25, -0.2) is 4.39 Å². The second kappa shape index (κ2) is 10.7. The van der Waals surface area contributed by atoms with Crippen molar-refractivity contribution in [3.8, 4) is 22.7 Å². The van der Waals surface area contributed by atoms with Crippen molar-refractivity contribution in [2.75, 3.05) is 11.9 Å². The summed E-state index contributed by atoms with van der Waals surface area (Å²) >= 11 is 0. The van der Waals surface area contributed by atoms with Crippen LogP contribution in [0, 0.1) is 5.82 Å². The van der Waals surface area contributed by atoms with Gasteiger partial charge in [-0.15, -0.1) is 0 Å². The van der Waals surface area contributed by atoms with Crippen molar-refractivity contribution in [3.05, 3.63) is 60.6 Å². The molecular weight excluding hydrogens is 459 g/mol. The number of aromatic amines is 1. The molecule has 11 nitrogen and oxygen atoms in total. The Kier molecular flexibility index (Phi) is 7.31. The van der Waals surface area contributed by atoms with Gasteiger partial charge in [-0.3, -0.25) is 24.4 Å². The predicted molar refractivity (Wildman–Crippen MR) is 122 cm³/mol. The average Bonchev–Trinajstić information content (AvgIpc) is 3.57. The first kappa shape index (κ1) is 23.8. The molecule has 0 bridgehead atoms. The summed E-state index contributed by atoms with van der Waals surface area (Å²) < 4.78 is 26.5. The number of carboxylic acid groups (broad SMARTS) is 1. The van der Waals surface area contributed by atoms with Gasteiger partial charge in [0.05, 0.1) is 41.5 Å². The summed E-state index contributed by atoms with van der Waals surface area (Å²) in [6.45, 7) is 2.40. The third kappa shape index (κ3) is 5.44. The molecule has 4 heterocycles. The molecule has 0 saturated heterocycles. The third-order valence-corrected chi connectivity index (χ3v) is 5.41. The van der Waals surface area contributed by atoms with E-state index in [0.717, 1.165) is 24.6 Å². The molecule has 0 atom stereocenters. The number of nitrogens with zero attached hydrogens (tertiary/aromatic N) is 4. The van der Waals surface area contributed by atoms with E-state index in [1.807, 2.05) is 11.6 Å². The zero-order valence-corrected chi connectivity index (χ0v) is 18.7. The van der Waals surface area contributed by atoms with Crippen molar-refractivity contribution in [2.45, 2.75) is 31.9 Å². The fourth-order valence-electron chi connectivity index (χ4n) is 3.69. The van der Waals surface area contributed by atoms with Gasteiger partial charge in [0.15, 0.2) is 5.76 Å². The van der Waals surface area contributed by atoms with Crippen molar-refractivity contribution in [2.24, 2.45) is 0 Å². The lowest BCUT2D eigenvalue weighted by Gasteiger charge is -2.34. The highest BCUT2D eigenvalue weighted by atomic mass is 19.1. The molecule has 0 spiro atoms. The molecule has 0 radical (unpaired) electrons. The summed E-state index contributed by atoms with van der Waals surface area (Å²) in [7, 11) is 0. The average molecular weight is 482 g/mol. The van der Waals surface area contributed by atoms with Crippen LogP contribution in [0.3, 0.4) is 0 Å². The van der Waals surface area contributed by atoms with E-state index in [2.05, 4.69) is 25.6 Å². The Morgan fingerprint density at radius 2 is 2.14 bits per heavy atom. The maximum Gasteiger partial charge on any atom is 0.291 e. The largest absolute Gasteiger partial charge is 0.483 e. The highest BCUT2D eigenvalue weighted by Gasteiger charge is 2.32. The molecule has 0 aromatic carbocycles. The zero-order chi connectivity index (χ0) is 24.8. The zero-order valence-electron chi connectivity index (χ0n) is 18.7. The second-order valence-corrected chi connectivity index (χ2v) is 7.65. The molecule has 12 heteroatoms. The molecule has 35 heavy (non-hydrogen) atoms. The molecule has 1 aliphatic rings. The highest BCUT2D eigenvalue weighted by Crippen LogP contribution is 2.37. The van der Waals surface area contributed by atoms with Gasteiger partial charge in [-0.1, -0.05) is 0 Å². The number of amides is 1. The topological polar surface area (TPSA) is 148 Å². The number of carbonyl (C=O) groups is 2. The number of carbonyl (C=O) groups excluding carboxylic acids is 1. The van der Waals surface area contributed by atoms with Gasteiger partial charge in [0.1, 0.15) is 17.3 Å². The third-order valence-electron chi connectivity index (χ3n) is 5.41. The number of halogens is 1. The first-order chi connectivity index (χ1) is 17.0. The van der Waals surface area contributed by atoms with Crippen LogP contribution in [0.1, 0.15) is 36.4 Å². The van der Waals surface area contributed by atoms with Crippen molar-refractivity contribution in [1.29, 1.82) is 0 Å². The van der Waals surface area contributed by atoms with Gasteiger partial charge in [0.2, 0.25) is 0 Å². The predicted octanol–water partition coefficient (Wildman–Crippen LogP) is 3.76. The Bertz CT molecular complexity index is 1260. The van der Waals surface area contributed by atoms with E-state index in [1.165, 1.54) is 12.1 Å². The number of pyridine rings is 1. The number of ether oxygens (including phenoxy) is 1. The van der Waals surface area contributed by atoms with Gasteiger partial charge in [-0.05, 0) is 44.0 Å². The van der Waals surface area contributed by atoms with Gasteiger partial charge >= 0.3 is 0 Å². The fourth-order valence-corrected chi connectivity index (χ4v) is 3.69. The number of hydrogen-bond acceptors (Lipinski definition) is 7. The van der Waals surface area contributed by atoms with E-state index >= 15 is 0 Å². The van der Waals surface area contributed by atoms with E-state index in [1.54, 1.807) is 30.7 Å². The smallest absolute Gasteiger partial charge is 0.291 e. The monoisotopic (exact) mass is 482 g/mol. The van der Waals surface area contributed by atoms with Crippen molar-refractivity contribution in [1.82, 2.24) is 25.0 Å². The minimum absolute atomic E-state index is 0.145. The molecule has 3 N–H and O–H groups in total. The minimum atomic E-state index is -0.445. The molecule has 5 rings (SSSR count). The minimum Gasteiger partial charge on any atom is -0.483 e. The molecule has 1 fully saturated rings. The maximum atomic E-state index is 13.4.